The standard InChI is InChI=1S/C13H13N3O4S2/c1-8(17)15-9-2-4-10(5-3-9)16-13(18)12-11(6-7-21-12)22(14,19)20/h2-7H,1H3,(H,15,17)(H,16,18)(H2,14,19,20). The van der Waals surface area contributed by atoms with Crippen LogP contribution in [-0.4, -0.2) is 20.2 Å². The van der Waals surface area contributed by atoms with Gasteiger partial charge in [-0.2, -0.15) is 0 Å². The molecule has 0 aliphatic heterocycles. The molecule has 2 aromatic rings. The number of amides is 2. The van der Waals surface area contributed by atoms with Crippen LogP contribution in [0.25, 0.3) is 0 Å². The highest BCUT2D eigenvalue weighted by Gasteiger charge is 2.20. The Morgan fingerprint density at radius 1 is 1.05 bits per heavy atom. The number of rotatable bonds is 4. The van der Waals surface area contributed by atoms with Crippen molar-refractivity contribution in [1.82, 2.24) is 0 Å². The van der Waals surface area contributed by atoms with Crippen molar-refractivity contribution in [1.29, 1.82) is 0 Å². The Balaban J connectivity index is 2.16. The molecule has 0 saturated heterocycles. The highest BCUT2D eigenvalue weighted by Crippen LogP contribution is 2.22. The number of thiophene rings is 1. The van der Waals surface area contributed by atoms with Crippen LogP contribution < -0.4 is 15.8 Å². The number of hydrogen-bond donors (Lipinski definition) is 3. The summed E-state index contributed by atoms with van der Waals surface area (Å²) in [7, 11) is -3.95. The first-order valence-corrected chi connectivity index (χ1v) is 8.49. The zero-order chi connectivity index (χ0) is 16.3. The van der Waals surface area contributed by atoms with Crippen LogP contribution in [0.3, 0.4) is 0 Å². The lowest BCUT2D eigenvalue weighted by Crippen LogP contribution is -2.18. The molecule has 1 aromatic carbocycles. The summed E-state index contributed by atoms with van der Waals surface area (Å²) in [4.78, 5) is 22.8. The van der Waals surface area contributed by atoms with E-state index in [2.05, 4.69) is 10.6 Å². The molecule has 0 aliphatic rings. The Labute approximate surface area is 131 Å². The molecule has 0 atom stereocenters. The molecular formula is C13H13N3O4S2. The number of anilines is 2. The smallest absolute Gasteiger partial charge is 0.267 e. The molecule has 0 unspecified atom stereocenters. The van der Waals surface area contributed by atoms with Gasteiger partial charge in [-0.3, -0.25) is 9.59 Å². The van der Waals surface area contributed by atoms with Gasteiger partial charge in [0.05, 0.1) is 0 Å². The van der Waals surface area contributed by atoms with Crippen LogP contribution in [0.1, 0.15) is 16.6 Å². The Kier molecular flexibility index (Phi) is 4.59. The third-order valence-corrected chi connectivity index (χ3v) is 4.60. The van der Waals surface area contributed by atoms with E-state index < -0.39 is 15.9 Å². The maximum absolute atomic E-state index is 12.1. The van der Waals surface area contributed by atoms with Gasteiger partial charge in [-0.15, -0.1) is 11.3 Å². The second kappa shape index (κ2) is 6.26. The molecular weight excluding hydrogens is 326 g/mol. The number of sulfonamides is 1. The van der Waals surface area contributed by atoms with Crippen molar-refractivity contribution in [3.8, 4) is 0 Å². The molecule has 0 bridgehead atoms. The minimum Gasteiger partial charge on any atom is -0.326 e. The summed E-state index contributed by atoms with van der Waals surface area (Å²) >= 11 is 0.987. The quantitative estimate of drug-likeness (QED) is 0.784. The molecule has 2 rings (SSSR count). The molecule has 0 radical (unpaired) electrons. The fourth-order valence-corrected chi connectivity index (χ4v) is 3.59. The number of carbonyl (C=O) groups is 2. The molecule has 7 nitrogen and oxygen atoms in total. The largest absolute Gasteiger partial charge is 0.326 e. The van der Waals surface area contributed by atoms with Gasteiger partial charge in [0.15, 0.2) is 0 Å². The molecule has 4 N–H and O–H groups in total. The lowest BCUT2D eigenvalue weighted by Gasteiger charge is -2.07. The fourth-order valence-electron chi connectivity index (χ4n) is 1.72. The molecule has 9 heteroatoms. The van der Waals surface area contributed by atoms with Crippen molar-refractivity contribution < 1.29 is 18.0 Å². The van der Waals surface area contributed by atoms with Crippen LogP contribution in [0.15, 0.2) is 40.6 Å². The Morgan fingerprint density at radius 3 is 2.09 bits per heavy atom. The van der Waals surface area contributed by atoms with Crippen LogP contribution in [0, 0.1) is 0 Å². The fraction of sp³-hybridized carbons (Fsp3) is 0.0769. The van der Waals surface area contributed by atoms with E-state index in [1.807, 2.05) is 0 Å². The third kappa shape index (κ3) is 3.91. The number of carbonyl (C=O) groups excluding carboxylic acids is 2. The van der Waals surface area contributed by atoms with E-state index in [0.717, 1.165) is 11.3 Å². The van der Waals surface area contributed by atoms with Gasteiger partial charge in [0.25, 0.3) is 5.91 Å². The SMILES string of the molecule is CC(=O)Nc1ccc(NC(=O)c2sccc2S(N)(=O)=O)cc1. The van der Waals surface area contributed by atoms with Crippen molar-refractivity contribution in [2.75, 3.05) is 10.6 Å². The van der Waals surface area contributed by atoms with E-state index in [0.29, 0.717) is 11.4 Å². The van der Waals surface area contributed by atoms with Crippen LogP contribution in [0.4, 0.5) is 11.4 Å². The summed E-state index contributed by atoms with van der Waals surface area (Å²) in [6.45, 7) is 1.39. The van der Waals surface area contributed by atoms with Gasteiger partial charge in [0.1, 0.15) is 9.77 Å². The number of hydrogen-bond acceptors (Lipinski definition) is 5. The Bertz CT molecular complexity index is 810. The van der Waals surface area contributed by atoms with Crippen LogP contribution in [0.2, 0.25) is 0 Å². The van der Waals surface area contributed by atoms with Crippen molar-refractivity contribution in [2.45, 2.75) is 11.8 Å². The van der Waals surface area contributed by atoms with Crippen molar-refractivity contribution in [3.63, 3.8) is 0 Å². The van der Waals surface area contributed by atoms with Gasteiger partial charge in [-0.25, -0.2) is 13.6 Å². The number of benzene rings is 1. The maximum atomic E-state index is 12.1. The summed E-state index contributed by atoms with van der Waals surface area (Å²) in [6, 6.07) is 7.70. The van der Waals surface area contributed by atoms with Crippen molar-refractivity contribution in [2.24, 2.45) is 5.14 Å². The first-order chi connectivity index (χ1) is 10.3. The zero-order valence-corrected chi connectivity index (χ0v) is 13.1. The third-order valence-electron chi connectivity index (χ3n) is 2.60. The maximum Gasteiger partial charge on any atom is 0.267 e. The second-order valence-corrected chi connectivity index (χ2v) is 6.82. The van der Waals surface area contributed by atoms with E-state index >= 15 is 0 Å². The molecule has 2 amide bonds. The molecule has 1 heterocycles. The summed E-state index contributed by atoms with van der Waals surface area (Å²) < 4.78 is 22.8. The van der Waals surface area contributed by atoms with Gasteiger partial charge in [-0.1, -0.05) is 0 Å². The highest BCUT2D eigenvalue weighted by molar-refractivity contribution is 7.89. The monoisotopic (exact) mass is 339 g/mol. The van der Waals surface area contributed by atoms with E-state index in [1.165, 1.54) is 18.4 Å². The zero-order valence-electron chi connectivity index (χ0n) is 11.5. The first-order valence-electron chi connectivity index (χ1n) is 6.06. The van der Waals surface area contributed by atoms with Gasteiger partial charge in [0, 0.05) is 18.3 Å². The summed E-state index contributed by atoms with van der Waals surface area (Å²) in [6.07, 6.45) is 0. The van der Waals surface area contributed by atoms with Gasteiger partial charge in [0.2, 0.25) is 15.9 Å². The summed E-state index contributed by atoms with van der Waals surface area (Å²) in [5, 5.41) is 11.7. The van der Waals surface area contributed by atoms with Crippen molar-refractivity contribution >= 4 is 44.5 Å². The number of nitrogens with two attached hydrogens (primary N) is 1. The van der Waals surface area contributed by atoms with Crippen LogP contribution in [-0.2, 0) is 14.8 Å². The molecule has 0 fully saturated rings. The Morgan fingerprint density at radius 2 is 1.59 bits per heavy atom. The van der Waals surface area contributed by atoms with Crippen LogP contribution >= 0.6 is 11.3 Å². The van der Waals surface area contributed by atoms with E-state index in [4.69, 9.17) is 5.14 Å². The highest BCUT2D eigenvalue weighted by atomic mass is 32.2. The van der Waals surface area contributed by atoms with Gasteiger partial charge < -0.3 is 10.6 Å². The molecule has 0 aliphatic carbocycles. The van der Waals surface area contributed by atoms with Crippen LogP contribution in [0.5, 0.6) is 0 Å². The van der Waals surface area contributed by atoms with E-state index in [-0.39, 0.29) is 15.7 Å². The number of primary sulfonamides is 1. The minimum atomic E-state index is -3.95. The van der Waals surface area contributed by atoms with E-state index in [1.54, 1.807) is 24.3 Å². The van der Waals surface area contributed by atoms with Gasteiger partial charge in [-0.05, 0) is 35.7 Å². The number of nitrogens with one attached hydrogen (secondary N) is 2. The van der Waals surface area contributed by atoms with Gasteiger partial charge >= 0.3 is 0 Å². The first kappa shape index (κ1) is 16.1. The lowest BCUT2D eigenvalue weighted by atomic mass is 10.2. The summed E-state index contributed by atoms with van der Waals surface area (Å²) in [5.74, 6) is -0.764. The average Bonchev–Trinajstić information content (AvgIpc) is 2.89. The molecule has 116 valence electrons. The average molecular weight is 339 g/mol. The predicted octanol–water partition coefficient (Wildman–Crippen LogP) is 1.61. The van der Waals surface area contributed by atoms with E-state index in [9.17, 15) is 18.0 Å². The predicted molar refractivity (Wildman–Crippen MR) is 84.4 cm³/mol. The molecule has 1 aromatic heterocycles. The molecule has 0 spiro atoms. The minimum absolute atomic E-state index is 0.0217. The Hall–Kier alpha value is -2.23. The molecule has 0 saturated carbocycles. The topological polar surface area (TPSA) is 118 Å². The molecule has 22 heavy (non-hydrogen) atoms. The lowest BCUT2D eigenvalue weighted by molar-refractivity contribution is -0.114. The normalized spacial score (nSPS) is 11.0. The second-order valence-electron chi connectivity index (χ2n) is 4.37. The summed E-state index contributed by atoms with van der Waals surface area (Å²) in [5.41, 5.74) is 1.06. The van der Waals surface area contributed by atoms with Crippen molar-refractivity contribution in [3.05, 3.63) is 40.6 Å².